The Morgan fingerprint density at radius 2 is 2.12 bits per heavy atom. The first kappa shape index (κ1) is 15.3. The van der Waals surface area contributed by atoms with Gasteiger partial charge in [0, 0.05) is 22.7 Å². The van der Waals surface area contributed by atoms with Crippen molar-refractivity contribution in [2.75, 3.05) is 6.79 Å². The highest BCUT2D eigenvalue weighted by Gasteiger charge is 2.20. The van der Waals surface area contributed by atoms with Gasteiger partial charge in [-0.05, 0) is 29.8 Å². The number of allylic oxidation sites excluding steroid dienone is 1. The zero-order valence-electron chi connectivity index (χ0n) is 12.9. The second kappa shape index (κ2) is 6.00. The summed E-state index contributed by atoms with van der Waals surface area (Å²) in [6.45, 7) is 0.0988. The number of hydrogen-bond donors (Lipinski definition) is 1. The van der Waals surface area contributed by atoms with Gasteiger partial charge in [-0.25, -0.2) is 0 Å². The topological polar surface area (TPSA) is 75.1 Å². The first-order valence-corrected chi connectivity index (χ1v) is 7.87. The summed E-state index contributed by atoms with van der Waals surface area (Å²) in [4.78, 5) is 15.8. The molecule has 25 heavy (non-hydrogen) atoms. The van der Waals surface area contributed by atoms with E-state index < -0.39 is 0 Å². The minimum atomic E-state index is -0.353. The van der Waals surface area contributed by atoms with Crippen molar-refractivity contribution in [2.24, 2.45) is 0 Å². The van der Waals surface area contributed by atoms with Gasteiger partial charge in [-0.1, -0.05) is 29.8 Å². The van der Waals surface area contributed by atoms with Crippen molar-refractivity contribution in [2.45, 2.75) is 0 Å². The van der Waals surface area contributed by atoms with Gasteiger partial charge < -0.3 is 14.5 Å². The molecule has 2 heterocycles. The van der Waals surface area contributed by atoms with Crippen molar-refractivity contribution in [1.82, 2.24) is 4.98 Å². The lowest BCUT2D eigenvalue weighted by molar-refractivity contribution is 0.104. The molecule has 0 unspecified atom stereocenters. The maximum atomic E-state index is 12.8. The minimum absolute atomic E-state index is 0.0136. The highest BCUT2D eigenvalue weighted by Crippen LogP contribution is 2.40. The molecule has 6 heteroatoms. The number of carbonyl (C=O) groups excluding carboxylic acids is 1. The molecular weight excluding hydrogens is 340 g/mol. The van der Waals surface area contributed by atoms with E-state index in [0.717, 1.165) is 10.9 Å². The summed E-state index contributed by atoms with van der Waals surface area (Å²) < 4.78 is 10.6. The number of nitrogens with one attached hydrogen (secondary N) is 1. The molecule has 1 aliphatic heterocycles. The molecular formula is C19H11ClN2O3. The molecule has 1 aromatic heterocycles. The first-order valence-electron chi connectivity index (χ1n) is 7.49. The molecule has 0 spiro atoms. The van der Waals surface area contributed by atoms with Crippen molar-refractivity contribution in [3.8, 4) is 17.6 Å². The Hall–Kier alpha value is -3.23. The van der Waals surface area contributed by atoms with Crippen LogP contribution in [0.15, 0.2) is 48.2 Å². The molecule has 2 aromatic carbocycles. The van der Waals surface area contributed by atoms with Crippen LogP contribution in [0.4, 0.5) is 0 Å². The van der Waals surface area contributed by atoms with Gasteiger partial charge in [-0.2, -0.15) is 5.26 Å². The molecule has 0 bridgehead atoms. The summed E-state index contributed by atoms with van der Waals surface area (Å²) >= 11 is 6.15. The largest absolute Gasteiger partial charge is 0.454 e. The number of aromatic amines is 1. The van der Waals surface area contributed by atoms with E-state index in [1.807, 2.05) is 30.3 Å². The van der Waals surface area contributed by atoms with Crippen molar-refractivity contribution in [3.05, 3.63) is 64.3 Å². The average molecular weight is 351 g/mol. The number of fused-ring (bicyclic) bond motifs is 2. The number of aromatic nitrogens is 1. The lowest BCUT2D eigenvalue weighted by atomic mass is 10.0. The predicted molar refractivity (Wildman–Crippen MR) is 93.8 cm³/mol. The zero-order chi connectivity index (χ0) is 17.4. The van der Waals surface area contributed by atoms with Crippen molar-refractivity contribution in [1.29, 1.82) is 5.26 Å². The van der Waals surface area contributed by atoms with E-state index in [2.05, 4.69) is 4.98 Å². The van der Waals surface area contributed by atoms with Gasteiger partial charge in [0.1, 0.15) is 11.6 Å². The Bertz CT molecular complexity index is 1080. The summed E-state index contributed by atoms with van der Waals surface area (Å²) in [5.74, 6) is 0.615. The molecule has 0 amide bonds. The maximum Gasteiger partial charge on any atom is 0.231 e. The Balaban J connectivity index is 1.75. The van der Waals surface area contributed by atoms with E-state index >= 15 is 0 Å². The first-order chi connectivity index (χ1) is 12.2. The van der Waals surface area contributed by atoms with Crippen LogP contribution in [0.25, 0.3) is 17.0 Å². The number of para-hydroxylation sites is 1. The fraction of sp³-hybridized carbons (Fsp3) is 0.0526. The number of H-pyrrole nitrogens is 1. The number of rotatable bonds is 3. The third-order valence-corrected chi connectivity index (χ3v) is 4.24. The van der Waals surface area contributed by atoms with Gasteiger partial charge in [-0.3, -0.25) is 4.79 Å². The summed E-state index contributed by atoms with van der Waals surface area (Å²) in [7, 11) is 0. The van der Waals surface area contributed by atoms with Gasteiger partial charge in [0.2, 0.25) is 12.6 Å². The van der Waals surface area contributed by atoms with Gasteiger partial charge in [0.15, 0.2) is 11.5 Å². The molecule has 0 saturated carbocycles. The Kier molecular flexibility index (Phi) is 3.68. The fourth-order valence-corrected chi connectivity index (χ4v) is 3.06. The number of Topliss-reactive ketones (excluding diaryl/α,β-unsaturated/α-hetero) is 1. The van der Waals surface area contributed by atoms with Gasteiger partial charge in [0.05, 0.1) is 5.02 Å². The standard InChI is InChI=1S/C19H11ClN2O3/c20-15-6-11(7-17-19(15)25-10-24-17)5-12(8-21)18(23)14-9-22-16-4-2-1-3-13(14)16/h1-7,9,22H,10H2/b12-5+. The van der Waals surface area contributed by atoms with Gasteiger partial charge >= 0.3 is 0 Å². The molecule has 3 aromatic rings. The molecule has 0 aliphatic carbocycles. The average Bonchev–Trinajstić information content (AvgIpc) is 3.26. The normalized spacial score (nSPS) is 13.0. The molecule has 122 valence electrons. The van der Waals surface area contributed by atoms with Gasteiger partial charge in [0.25, 0.3) is 0 Å². The van der Waals surface area contributed by atoms with Crippen molar-refractivity contribution in [3.63, 3.8) is 0 Å². The zero-order valence-corrected chi connectivity index (χ0v) is 13.6. The van der Waals surface area contributed by atoms with Crippen LogP contribution in [0.1, 0.15) is 15.9 Å². The lowest BCUT2D eigenvalue weighted by Gasteiger charge is -2.02. The lowest BCUT2D eigenvalue weighted by Crippen LogP contribution is -2.01. The highest BCUT2D eigenvalue weighted by atomic mass is 35.5. The molecule has 4 rings (SSSR count). The van der Waals surface area contributed by atoms with Crippen LogP contribution in [-0.2, 0) is 0 Å². The molecule has 0 fully saturated rings. The van der Waals surface area contributed by atoms with Crippen LogP contribution in [-0.4, -0.2) is 17.6 Å². The van der Waals surface area contributed by atoms with Crippen LogP contribution in [0, 0.1) is 11.3 Å². The van der Waals surface area contributed by atoms with E-state index in [1.165, 1.54) is 6.08 Å². The minimum Gasteiger partial charge on any atom is -0.454 e. The smallest absolute Gasteiger partial charge is 0.231 e. The summed E-state index contributed by atoms with van der Waals surface area (Å²) in [6, 6.07) is 12.7. The van der Waals surface area contributed by atoms with Crippen molar-refractivity contribution < 1.29 is 14.3 Å². The van der Waals surface area contributed by atoms with Crippen LogP contribution >= 0.6 is 11.6 Å². The molecule has 1 N–H and O–H groups in total. The third kappa shape index (κ3) is 2.63. The number of halogens is 1. The monoisotopic (exact) mass is 350 g/mol. The molecule has 0 atom stereocenters. The van der Waals surface area contributed by atoms with E-state index in [-0.39, 0.29) is 18.1 Å². The molecule has 5 nitrogen and oxygen atoms in total. The van der Waals surface area contributed by atoms with Crippen LogP contribution in [0.2, 0.25) is 5.02 Å². The fourth-order valence-electron chi connectivity index (χ4n) is 2.79. The second-order valence-corrected chi connectivity index (χ2v) is 5.89. The van der Waals surface area contributed by atoms with E-state index in [1.54, 1.807) is 18.3 Å². The summed E-state index contributed by atoms with van der Waals surface area (Å²) in [5, 5.41) is 10.6. The second-order valence-electron chi connectivity index (χ2n) is 5.48. The van der Waals surface area contributed by atoms with E-state index in [0.29, 0.717) is 27.6 Å². The number of hydrogen-bond acceptors (Lipinski definition) is 4. The third-order valence-electron chi connectivity index (χ3n) is 3.96. The predicted octanol–water partition coefficient (Wildman–Crippen LogP) is 4.34. The SMILES string of the molecule is N#C/C(=C\c1cc(Cl)c2c(c1)OCO2)C(=O)c1c[nH]c2ccccc12. The number of ketones is 1. The van der Waals surface area contributed by atoms with Crippen LogP contribution in [0.5, 0.6) is 11.5 Å². The summed E-state index contributed by atoms with van der Waals surface area (Å²) in [5.41, 5.74) is 1.91. The number of nitriles is 1. The number of ether oxygens (including phenoxy) is 2. The van der Waals surface area contributed by atoms with E-state index in [4.69, 9.17) is 21.1 Å². The number of carbonyl (C=O) groups is 1. The molecule has 0 radical (unpaired) electrons. The summed E-state index contributed by atoms with van der Waals surface area (Å²) in [6.07, 6.45) is 3.11. The van der Waals surface area contributed by atoms with Gasteiger partial charge in [-0.15, -0.1) is 0 Å². The molecule has 0 saturated heterocycles. The Morgan fingerprint density at radius 3 is 2.96 bits per heavy atom. The van der Waals surface area contributed by atoms with Crippen LogP contribution in [0.3, 0.4) is 0 Å². The van der Waals surface area contributed by atoms with E-state index in [9.17, 15) is 10.1 Å². The van der Waals surface area contributed by atoms with Crippen molar-refractivity contribution >= 4 is 34.4 Å². The Labute approximate surface area is 148 Å². The Morgan fingerprint density at radius 1 is 1.28 bits per heavy atom. The molecule has 1 aliphatic rings. The number of benzene rings is 2. The highest BCUT2D eigenvalue weighted by molar-refractivity contribution is 6.32. The maximum absolute atomic E-state index is 12.8. The number of nitrogens with zero attached hydrogens (tertiary/aromatic N) is 1. The quantitative estimate of drug-likeness (QED) is 0.433. The van der Waals surface area contributed by atoms with Crippen LogP contribution < -0.4 is 9.47 Å².